The fourth-order valence-corrected chi connectivity index (χ4v) is 2.42. The van der Waals surface area contributed by atoms with Crippen LogP contribution in [0.3, 0.4) is 0 Å². The van der Waals surface area contributed by atoms with Gasteiger partial charge < -0.3 is 16.0 Å². The molecule has 0 bridgehead atoms. The number of benzene rings is 1. The van der Waals surface area contributed by atoms with Gasteiger partial charge in [-0.05, 0) is 31.0 Å². The Balaban J connectivity index is 2.07. The molecule has 20 heavy (non-hydrogen) atoms. The minimum Gasteiger partial charge on any atom is -0.389 e. The lowest BCUT2D eigenvalue weighted by Gasteiger charge is -2.21. The zero-order valence-corrected chi connectivity index (χ0v) is 12.0. The zero-order chi connectivity index (χ0) is 14.5. The number of amides is 2. The van der Waals surface area contributed by atoms with Crippen molar-refractivity contribution in [1.82, 2.24) is 4.90 Å². The quantitative estimate of drug-likeness (QED) is 0.825. The van der Waals surface area contributed by atoms with Crippen LogP contribution in [0.4, 0.5) is 14.9 Å². The largest absolute Gasteiger partial charge is 0.389 e. The Labute approximate surface area is 123 Å². The van der Waals surface area contributed by atoms with E-state index in [9.17, 15) is 9.18 Å². The van der Waals surface area contributed by atoms with Crippen molar-refractivity contribution in [1.29, 1.82) is 0 Å². The van der Waals surface area contributed by atoms with Gasteiger partial charge in [-0.1, -0.05) is 25.1 Å². The maximum absolute atomic E-state index is 13.5. The van der Waals surface area contributed by atoms with Gasteiger partial charge in [-0.15, -0.1) is 0 Å². The van der Waals surface area contributed by atoms with E-state index in [4.69, 9.17) is 18.0 Å². The maximum Gasteiger partial charge on any atom is 0.321 e. The summed E-state index contributed by atoms with van der Waals surface area (Å²) >= 11 is 4.78. The molecule has 0 unspecified atom stereocenters. The minimum atomic E-state index is -0.481. The van der Waals surface area contributed by atoms with E-state index in [-0.39, 0.29) is 16.6 Å². The van der Waals surface area contributed by atoms with Gasteiger partial charge in [0.1, 0.15) is 10.8 Å². The molecule has 0 spiro atoms. The summed E-state index contributed by atoms with van der Waals surface area (Å²) in [6.07, 6.45) is 4.36. The lowest BCUT2D eigenvalue weighted by Crippen LogP contribution is -2.35. The molecule has 1 aromatic rings. The van der Waals surface area contributed by atoms with E-state index in [1.165, 1.54) is 18.2 Å². The van der Waals surface area contributed by atoms with E-state index >= 15 is 0 Å². The number of halogens is 1. The highest BCUT2D eigenvalue weighted by atomic mass is 32.1. The van der Waals surface area contributed by atoms with Crippen LogP contribution in [0.2, 0.25) is 0 Å². The molecule has 0 atom stereocenters. The Morgan fingerprint density at radius 3 is 2.50 bits per heavy atom. The van der Waals surface area contributed by atoms with Gasteiger partial charge in [0.2, 0.25) is 0 Å². The van der Waals surface area contributed by atoms with Crippen molar-refractivity contribution in [3.05, 3.63) is 29.6 Å². The molecule has 1 aliphatic rings. The van der Waals surface area contributed by atoms with Crippen molar-refractivity contribution < 1.29 is 9.18 Å². The smallest absolute Gasteiger partial charge is 0.321 e. The molecule has 1 aromatic carbocycles. The Bertz CT molecular complexity index is 513. The van der Waals surface area contributed by atoms with Gasteiger partial charge in [0.15, 0.2) is 0 Å². The van der Waals surface area contributed by atoms with Crippen molar-refractivity contribution in [2.24, 2.45) is 5.73 Å². The summed E-state index contributed by atoms with van der Waals surface area (Å²) in [6.45, 7) is 1.52. The van der Waals surface area contributed by atoms with Crippen LogP contribution >= 0.6 is 12.2 Å². The second kappa shape index (κ2) is 6.65. The fraction of sp³-hybridized carbons (Fsp3) is 0.429. The van der Waals surface area contributed by atoms with Gasteiger partial charge in [-0.2, -0.15) is 0 Å². The van der Waals surface area contributed by atoms with Crippen LogP contribution in [0.5, 0.6) is 0 Å². The number of nitrogens with two attached hydrogens (primary N) is 1. The number of nitrogens with one attached hydrogen (secondary N) is 1. The van der Waals surface area contributed by atoms with Crippen molar-refractivity contribution in [3.8, 4) is 0 Å². The molecule has 1 heterocycles. The molecular formula is C14H18FN3OS. The first-order valence-corrected chi connectivity index (χ1v) is 7.14. The fourth-order valence-electron chi connectivity index (χ4n) is 2.27. The summed E-state index contributed by atoms with van der Waals surface area (Å²) in [5, 5.41) is 2.77. The van der Waals surface area contributed by atoms with E-state index in [1.807, 2.05) is 0 Å². The lowest BCUT2D eigenvalue weighted by molar-refractivity contribution is 0.214. The van der Waals surface area contributed by atoms with E-state index in [2.05, 4.69) is 5.32 Å². The molecule has 1 aliphatic heterocycles. The third kappa shape index (κ3) is 3.66. The number of anilines is 1. The Morgan fingerprint density at radius 2 is 1.90 bits per heavy atom. The summed E-state index contributed by atoms with van der Waals surface area (Å²) in [5.41, 5.74) is 6.10. The van der Waals surface area contributed by atoms with Gasteiger partial charge >= 0.3 is 6.03 Å². The molecular weight excluding hydrogens is 277 g/mol. The topological polar surface area (TPSA) is 58.4 Å². The van der Waals surface area contributed by atoms with E-state index in [0.29, 0.717) is 5.69 Å². The zero-order valence-electron chi connectivity index (χ0n) is 11.2. The highest BCUT2D eigenvalue weighted by Gasteiger charge is 2.16. The molecule has 2 amide bonds. The molecule has 108 valence electrons. The highest BCUT2D eigenvalue weighted by molar-refractivity contribution is 7.80. The van der Waals surface area contributed by atoms with Gasteiger partial charge in [-0.3, -0.25) is 0 Å². The molecule has 0 radical (unpaired) electrons. The number of carbonyl (C=O) groups is 1. The van der Waals surface area contributed by atoms with Crippen molar-refractivity contribution in [3.63, 3.8) is 0 Å². The number of nitrogens with zero attached hydrogens (tertiary/aromatic N) is 1. The third-order valence-corrected chi connectivity index (χ3v) is 3.60. The van der Waals surface area contributed by atoms with E-state index < -0.39 is 5.82 Å². The van der Waals surface area contributed by atoms with E-state index in [0.717, 1.165) is 38.8 Å². The molecule has 1 saturated heterocycles. The summed E-state index contributed by atoms with van der Waals surface area (Å²) in [6, 6.07) is 4.07. The molecule has 2 rings (SSSR count). The van der Waals surface area contributed by atoms with Gasteiger partial charge in [-0.25, -0.2) is 9.18 Å². The summed E-state index contributed by atoms with van der Waals surface area (Å²) < 4.78 is 13.5. The van der Waals surface area contributed by atoms with Gasteiger partial charge in [0.25, 0.3) is 0 Å². The number of thiocarbonyl (C=S) groups is 1. The second-order valence-corrected chi connectivity index (χ2v) is 5.33. The monoisotopic (exact) mass is 295 g/mol. The number of carbonyl (C=O) groups excluding carboxylic acids is 1. The average molecular weight is 295 g/mol. The molecule has 0 aliphatic carbocycles. The van der Waals surface area contributed by atoms with Crippen LogP contribution in [-0.4, -0.2) is 29.0 Å². The predicted octanol–water partition coefficient (Wildman–Crippen LogP) is 2.87. The number of rotatable bonds is 2. The van der Waals surface area contributed by atoms with Crippen molar-refractivity contribution in [2.45, 2.75) is 25.7 Å². The van der Waals surface area contributed by atoms with Gasteiger partial charge in [0.05, 0.1) is 0 Å². The molecule has 0 aromatic heterocycles. The van der Waals surface area contributed by atoms with Crippen LogP contribution in [-0.2, 0) is 0 Å². The molecule has 0 saturated carbocycles. The molecule has 6 heteroatoms. The normalized spacial score (nSPS) is 15.6. The number of likely N-dealkylation sites (tertiary alicyclic amines) is 1. The first-order valence-electron chi connectivity index (χ1n) is 6.73. The van der Waals surface area contributed by atoms with Crippen LogP contribution in [0.15, 0.2) is 18.2 Å². The summed E-state index contributed by atoms with van der Waals surface area (Å²) in [7, 11) is 0. The molecule has 4 nitrogen and oxygen atoms in total. The molecule has 1 fully saturated rings. The second-order valence-electron chi connectivity index (χ2n) is 4.89. The SMILES string of the molecule is NC(=S)c1cc(NC(=O)N2CCCCCC2)ccc1F. The number of urea groups is 1. The predicted molar refractivity (Wildman–Crippen MR) is 81.3 cm³/mol. The lowest BCUT2D eigenvalue weighted by atomic mass is 10.2. The first kappa shape index (κ1) is 14.7. The van der Waals surface area contributed by atoms with Crippen molar-refractivity contribution >= 4 is 28.9 Å². The van der Waals surface area contributed by atoms with Gasteiger partial charge in [0, 0.05) is 24.3 Å². The maximum atomic E-state index is 13.5. The molecule has 3 N–H and O–H groups in total. The summed E-state index contributed by atoms with van der Waals surface area (Å²) in [5.74, 6) is -0.481. The Kier molecular flexibility index (Phi) is 4.89. The highest BCUT2D eigenvalue weighted by Crippen LogP contribution is 2.16. The third-order valence-electron chi connectivity index (χ3n) is 3.38. The van der Waals surface area contributed by atoms with Crippen molar-refractivity contribution in [2.75, 3.05) is 18.4 Å². The van der Waals surface area contributed by atoms with E-state index in [1.54, 1.807) is 4.90 Å². The Hall–Kier alpha value is -1.69. The number of hydrogen-bond acceptors (Lipinski definition) is 2. The van der Waals surface area contributed by atoms with Crippen LogP contribution in [0, 0.1) is 5.82 Å². The number of hydrogen-bond donors (Lipinski definition) is 2. The van der Waals surface area contributed by atoms with Crippen LogP contribution < -0.4 is 11.1 Å². The summed E-state index contributed by atoms with van der Waals surface area (Å²) in [4.78, 5) is 13.9. The average Bonchev–Trinajstić information content (AvgIpc) is 2.69. The van der Waals surface area contributed by atoms with Crippen LogP contribution in [0.25, 0.3) is 0 Å². The minimum absolute atomic E-state index is 0.0200. The van der Waals surface area contributed by atoms with Crippen LogP contribution in [0.1, 0.15) is 31.2 Å². The standard InChI is InChI=1S/C14H18FN3OS/c15-12-6-5-10(9-11(12)13(16)20)17-14(19)18-7-3-1-2-4-8-18/h5-6,9H,1-4,7-8H2,(H2,16,20)(H,17,19). The Morgan fingerprint density at radius 1 is 1.25 bits per heavy atom. The first-order chi connectivity index (χ1) is 9.58.